The van der Waals surface area contributed by atoms with Gasteiger partial charge in [-0.1, -0.05) is 12.8 Å². The minimum Gasteiger partial charge on any atom is -0.384 e. The Hall–Kier alpha value is -1.50. The Labute approximate surface area is 116 Å². The number of nitrogens with two attached hydrogens (primary N) is 1. The first-order valence-electron chi connectivity index (χ1n) is 6.26. The molecule has 1 aromatic heterocycles. The molecule has 0 amide bonds. The SMILES string of the molecule is CSC1(CNc2nc(N)ccc2[N+](=O)[O-])CCCC1. The molecule has 3 N–H and O–H groups in total. The standard InChI is InChI=1S/C12H18N4O2S/c1-19-12(6-2-3-7-12)8-14-11-9(16(17)18)4-5-10(13)15-11/h4-5H,2-3,6-8H2,1H3,(H3,13,14,15). The van der Waals surface area contributed by atoms with Gasteiger partial charge in [0.25, 0.3) is 0 Å². The van der Waals surface area contributed by atoms with Gasteiger partial charge in [0.15, 0.2) is 0 Å². The van der Waals surface area contributed by atoms with E-state index in [1.165, 1.54) is 25.0 Å². The third kappa shape index (κ3) is 3.09. The molecule has 0 atom stereocenters. The summed E-state index contributed by atoms with van der Waals surface area (Å²) in [5.74, 6) is 0.558. The Morgan fingerprint density at radius 2 is 2.21 bits per heavy atom. The van der Waals surface area contributed by atoms with Crippen molar-refractivity contribution in [3.63, 3.8) is 0 Å². The molecule has 1 heterocycles. The molecule has 1 fully saturated rings. The fourth-order valence-electron chi connectivity index (χ4n) is 2.46. The van der Waals surface area contributed by atoms with E-state index in [0.29, 0.717) is 6.54 Å². The molecule has 2 rings (SSSR count). The van der Waals surface area contributed by atoms with E-state index in [2.05, 4.69) is 16.6 Å². The molecule has 6 nitrogen and oxygen atoms in total. The first-order valence-corrected chi connectivity index (χ1v) is 7.49. The molecule has 1 aliphatic carbocycles. The van der Waals surface area contributed by atoms with Gasteiger partial charge in [-0.2, -0.15) is 11.8 Å². The van der Waals surface area contributed by atoms with Crippen LogP contribution in [0.4, 0.5) is 17.3 Å². The molecule has 0 unspecified atom stereocenters. The van der Waals surface area contributed by atoms with Crippen LogP contribution in [0, 0.1) is 10.1 Å². The van der Waals surface area contributed by atoms with Gasteiger partial charge in [0, 0.05) is 17.4 Å². The summed E-state index contributed by atoms with van der Waals surface area (Å²) in [5.41, 5.74) is 5.57. The number of hydrogen-bond acceptors (Lipinski definition) is 6. The molecule has 7 heteroatoms. The van der Waals surface area contributed by atoms with E-state index >= 15 is 0 Å². The highest BCUT2D eigenvalue weighted by atomic mass is 32.2. The molecule has 1 saturated carbocycles. The van der Waals surface area contributed by atoms with Crippen LogP contribution in [-0.4, -0.2) is 27.5 Å². The summed E-state index contributed by atoms with van der Waals surface area (Å²) in [6.45, 7) is 0.686. The molecule has 1 aromatic rings. The third-order valence-electron chi connectivity index (χ3n) is 3.62. The maximum atomic E-state index is 11.0. The van der Waals surface area contributed by atoms with Crippen LogP contribution in [0.15, 0.2) is 12.1 Å². The van der Waals surface area contributed by atoms with Crippen molar-refractivity contribution in [3.05, 3.63) is 22.2 Å². The number of nitrogens with zero attached hydrogens (tertiary/aromatic N) is 2. The summed E-state index contributed by atoms with van der Waals surface area (Å²) in [6, 6.07) is 2.84. The zero-order valence-electron chi connectivity index (χ0n) is 10.9. The van der Waals surface area contributed by atoms with Crippen LogP contribution in [0.5, 0.6) is 0 Å². The molecule has 0 bridgehead atoms. The Balaban J connectivity index is 2.14. The van der Waals surface area contributed by atoms with Crippen LogP contribution in [0.2, 0.25) is 0 Å². The van der Waals surface area contributed by atoms with Crippen LogP contribution in [-0.2, 0) is 0 Å². The number of nitrogen functional groups attached to an aromatic ring is 1. The topological polar surface area (TPSA) is 94.1 Å². The normalized spacial score (nSPS) is 17.3. The van der Waals surface area contributed by atoms with Gasteiger partial charge in [-0.3, -0.25) is 10.1 Å². The lowest BCUT2D eigenvalue weighted by atomic mass is 10.1. The molecule has 0 aliphatic heterocycles. The lowest BCUT2D eigenvalue weighted by Crippen LogP contribution is -2.30. The molecule has 0 radical (unpaired) electrons. The monoisotopic (exact) mass is 282 g/mol. The first kappa shape index (κ1) is 13.9. The highest BCUT2D eigenvalue weighted by Crippen LogP contribution is 2.40. The van der Waals surface area contributed by atoms with E-state index in [0.717, 1.165) is 12.8 Å². The Bertz CT molecular complexity index is 475. The van der Waals surface area contributed by atoms with Crippen LogP contribution < -0.4 is 11.1 Å². The van der Waals surface area contributed by atoms with Crippen LogP contribution in [0.25, 0.3) is 0 Å². The number of nitrogens with one attached hydrogen (secondary N) is 1. The summed E-state index contributed by atoms with van der Waals surface area (Å²) in [5, 5.41) is 14.1. The minimum atomic E-state index is -0.435. The number of pyridine rings is 1. The number of nitro groups is 1. The molecule has 0 saturated heterocycles. The summed E-state index contributed by atoms with van der Waals surface area (Å²) in [6.07, 6.45) is 6.80. The lowest BCUT2D eigenvalue weighted by Gasteiger charge is -2.27. The number of aromatic nitrogens is 1. The van der Waals surface area contributed by atoms with Gasteiger partial charge >= 0.3 is 5.69 Å². The van der Waals surface area contributed by atoms with Crippen molar-refractivity contribution >= 4 is 29.1 Å². The van der Waals surface area contributed by atoms with E-state index < -0.39 is 4.92 Å². The third-order valence-corrected chi connectivity index (χ3v) is 5.04. The van der Waals surface area contributed by atoms with Gasteiger partial charge in [0.2, 0.25) is 5.82 Å². The Kier molecular flexibility index (Phi) is 4.14. The van der Waals surface area contributed by atoms with Crippen molar-refractivity contribution in [2.24, 2.45) is 0 Å². The van der Waals surface area contributed by atoms with Crippen molar-refractivity contribution in [3.8, 4) is 0 Å². The summed E-state index contributed by atoms with van der Waals surface area (Å²) in [4.78, 5) is 14.6. The molecular formula is C12H18N4O2S. The van der Waals surface area contributed by atoms with Crippen LogP contribution in [0.1, 0.15) is 25.7 Å². The van der Waals surface area contributed by atoms with Gasteiger partial charge in [-0.25, -0.2) is 4.98 Å². The van der Waals surface area contributed by atoms with Gasteiger partial charge in [0.05, 0.1) is 4.92 Å². The number of anilines is 2. The second-order valence-corrected chi connectivity index (χ2v) is 6.08. The predicted octanol–water partition coefficient (Wildman–Crippen LogP) is 2.66. The highest BCUT2D eigenvalue weighted by molar-refractivity contribution is 8.00. The van der Waals surface area contributed by atoms with Gasteiger partial charge in [-0.05, 0) is 25.2 Å². The van der Waals surface area contributed by atoms with Crippen LogP contribution in [0.3, 0.4) is 0 Å². The quantitative estimate of drug-likeness (QED) is 0.637. The summed E-state index contributed by atoms with van der Waals surface area (Å²) >= 11 is 1.83. The largest absolute Gasteiger partial charge is 0.384 e. The lowest BCUT2D eigenvalue weighted by molar-refractivity contribution is -0.384. The second kappa shape index (κ2) is 5.64. The van der Waals surface area contributed by atoms with Crippen molar-refractivity contribution < 1.29 is 4.92 Å². The van der Waals surface area contributed by atoms with E-state index in [9.17, 15) is 10.1 Å². The van der Waals surface area contributed by atoms with E-state index in [1.54, 1.807) is 0 Å². The van der Waals surface area contributed by atoms with E-state index in [4.69, 9.17) is 5.73 Å². The number of rotatable bonds is 5. The van der Waals surface area contributed by atoms with Crippen molar-refractivity contribution in [2.75, 3.05) is 23.9 Å². The van der Waals surface area contributed by atoms with Crippen molar-refractivity contribution in [1.82, 2.24) is 4.98 Å². The van der Waals surface area contributed by atoms with E-state index in [-0.39, 0.29) is 22.1 Å². The molecule has 19 heavy (non-hydrogen) atoms. The minimum absolute atomic E-state index is 0.0246. The average molecular weight is 282 g/mol. The summed E-state index contributed by atoms with van der Waals surface area (Å²) in [7, 11) is 0. The van der Waals surface area contributed by atoms with Crippen molar-refractivity contribution in [1.29, 1.82) is 0 Å². The molecule has 1 aliphatic rings. The van der Waals surface area contributed by atoms with Gasteiger partial charge in [-0.15, -0.1) is 0 Å². The zero-order chi connectivity index (χ0) is 13.9. The fourth-order valence-corrected chi connectivity index (χ4v) is 3.37. The Morgan fingerprint density at radius 3 is 2.79 bits per heavy atom. The maximum absolute atomic E-state index is 11.0. The maximum Gasteiger partial charge on any atom is 0.311 e. The molecule has 0 spiro atoms. The van der Waals surface area contributed by atoms with E-state index in [1.807, 2.05) is 11.8 Å². The molecule has 0 aromatic carbocycles. The molecule has 104 valence electrons. The van der Waals surface area contributed by atoms with Gasteiger partial charge < -0.3 is 11.1 Å². The smallest absolute Gasteiger partial charge is 0.311 e. The zero-order valence-corrected chi connectivity index (χ0v) is 11.7. The fraction of sp³-hybridized carbons (Fsp3) is 0.583. The molecular weight excluding hydrogens is 264 g/mol. The number of thioether (sulfide) groups is 1. The van der Waals surface area contributed by atoms with Crippen LogP contribution >= 0.6 is 11.8 Å². The highest BCUT2D eigenvalue weighted by Gasteiger charge is 2.33. The predicted molar refractivity (Wildman–Crippen MR) is 78.5 cm³/mol. The average Bonchev–Trinajstić information content (AvgIpc) is 2.85. The summed E-state index contributed by atoms with van der Waals surface area (Å²) < 4.78 is 0.167. The van der Waals surface area contributed by atoms with Crippen molar-refractivity contribution in [2.45, 2.75) is 30.4 Å². The first-order chi connectivity index (χ1) is 9.06. The second-order valence-electron chi connectivity index (χ2n) is 4.81. The number of hydrogen-bond donors (Lipinski definition) is 2. The Morgan fingerprint density at radius 1 is 1.53 bits per heavy atom. The van der Waals surface area contributed by atoms with Gasteiger partial charge in [0.1, 0.15) is 5.82 Å².